The molecule has 0 saturated carbocycles. The zero-order valence-electron chi connectivity index (χ0n) is 11.1. The van der Waals surface area contributed by atoms with Gasteiger partial charge in [0, 0.05) is 38.4 Å². The van der Waals surface area contributed by atoms with Gasteiger partial charge in [-0.15, -0.1) is 0 Å². The Hall–Kier alpha value is -2.08. The van der Waals surface area contributed by atoms with E-state index in [9.17, 15) is 4.79 Å². The Morgan fingerprint density at radius 3 is 3.05 bits per heavy atom. The lowest BCUT2D eigenvalue weighted by Gasteiger charge is -2.15. The number of methoxy groups -OCH3 is 1. The molecular weight excluding hydrogens is 244 g/mol. The highest BCUT2D eigenvalue weighted by molar-refractivity contribution is 6.05. The third kappa shape index (κ3) is 2.85. The molecule has 1 aromatic heterocycles. The molecular formula is C13H18N4O2. The maximum absolute atomic E-state index is 12.3. The fourth-order valence-corrected chi connectivity index (χ4v) is 1.92. The number of rotatable bonds is 5. The Morgan fingerprint density at radius 2 is 2.32 bits per heavy atom. The number of aromatic nitrogens is 2. The molecule has 6 heteroatoms. The summed E-state index contributed by atoms with van der Waals surface area (Å²) in [6.45, 7) is 1.26. The minimum atomic E-state index is -0.118. The number of nitrogens with two attached hydrogens (primary N) is 1. The number of nitrogens with zero attached hydrogens (tertiary/aromatic N) is 2. The zero-order valence-corrected chi connectivity index (χ0v) is 11.1. The van der Waals surface area contributed by atoms with Crippen LogP contribution in [0.4, 0.5) is 5.69 Å². The van der Waals surface area contributed by atoms with Crippen molar-refractivity contribution in [3.8, 4) is 0 Å². The fraction of sp³-hybridized carbons (Fsp3) is 0.385. The van der Waals surface area contributed by atoms with Gasteiger partial charge in [-0.1, -0.05) is 0 Å². The van der Waals surface area contributed by atoms with Gasteiger partial charge in [0.05, 0.1) is 5.52 Å². The first-order valence-corrected chi connectivity index (χ1v) is 6.11. The molecule has 0 aliphatic rings. The minimum absolute atomic E-state index is 0.118. The summed E-state index contributed by atoms with van der Waals surface area (Å²) < 4.78 is 4.97. The number of carbonyl (C=O) groups excluding carboxylic acids is 1. The second-order valence-corrected chi connectivity index (χ2v) is 4.45. The molecule has 0 fully saturated rings. The number of ether oxygens (including phenoxy) is 1. The van der Waals surface area contributed by atoms with Crippen molar-refractivity contribution >= 4 is 22.5 Å². The minimum Gasteiger partial charge on any atom is -0.399 e. The van der Waals surface area contributed by atoms with Crippen LogP contribution in [-0.4, -0.2) is 48.3 Å². The maximum Gasteiger partial charge on any atom is 0.274 e. The Labute approximate surface area is 111 Å². The van der Waals surface area contributed by atoms with Crippen LogP contribution >= 0.6 is 0 Å². The third-order valence-electron chi connectivity index (χ3n) is 2.98. The molecule has 2 rings (SSSR count). The number of aromatic amines is 1. The molecule has 0 bridgehead atoms. The first-order valence-electron chi connectivity index (χ1n) is 6.11. The van der Waals surface area contributed by atoms with Gasteiger partial charge in [0.2, 0.25) is 0 Å². The summed E-state index contributed by atoms with van der Waals surface area (Å²) >= 11 is 0. The number of fused-ring (bicyclic) bond motifs is 1. The molecule has 0 spiro atoms. The molecule has 0 saturated heterocycles. The molecule has 0 unspecified atom stereocenters. The van der Waals surface area contributed by atoms with E-state index in [1.54, 1.807) is 31.2 Å². The zero-order chi connectivity index (χ0) is 13.8. The van der Waals surface area contributed by atoms with Crippen LogP contribution in [0, 0.1) is 0 Å². The van der Waals surface area contributed by atoms with Gasteiger partial charge in [0.1, 0.15) is 0 Å². The number of H-pyrrole nitrogens is 1. The van der Waals surface area contributed by atoms with Crippen molar-refractivity contribution < 1.29 is 9.53 Å². The molecule has 6 nitrogen and oxygen atoms in total. The molecule has 1 aromatic carbocycles. The molecule has 19 heavy (non-hydrogen) atoms. The number of anilines is 1. The number of amides is 1. The van der Waals surface area contributed by atoms with Crippen molar-refractivity contribution in [1.29, 1.82) is 0 Å². The van der Waals surface area contributed by atoms with E-state index in [1.807, 2.05) is 6.07 Å². The number of benzene rings is 1. The summed E-state index contributed by atoms with van der Waals surface area (Å²) in [7, 11) is 3.40. The monoisotopic (exact) mass is 262 g/mol. The first kappa shape index (κ1) is 13.4. The van der Waals surface area contributed by atoms with E-state index < -0.39 is 0 Å². The predicted molar refractivity (Wildman–Crippen MR) is 74.0 cm³/mol. The summed E-state index contributed by atoms with van der Waals surface area (Å²) in [4.78, 5) is 13.9. The SMILES string of the molecule is COCCCN(C)C(=O)c1n[nH]c2ccc(N)cc12. The van der Waals surface area contributed by atoms with Gasteiger partial charge in [0.25, 0.3) is 5.91 Å². The van der Waals surface area contributed by atoms with Crippen LogP contribution in [0.2, 0.25) is 0 Å². The van der Waals surface area contributed by atoms with Crippen LogP contribution in [0.25, 0.3) is 10.9 Å². The second kappa shape index (κ2) is 5.71. The van der Waals surface area contributed by atoms with E-state index in [1.165, 1.54) is 0 Å². The lowest BCUT2D eigenvalue weighted by atomic mass is 10.2. The average Bonchev–Trinajstić information content (AvgIpc) is 2.80. The molecule has 102 valence electrons. The highest BCUT2D eigenvalue weighted by Crippen LogP contribution is 2.19. The second-order valence-electron chi connectivity index (χ2n) is 4.45. The van der Waals surface area contributed by atoms with E-state index in [0.717, 1.165) is 17.3 Å². The van der Waals surface area contributed by atoms with Gasteiger partial charge in [0.15, 0.2) is 5.69 Å². The van der Waals surface area contributed by atoms with Gasteiger partial charge in [-0.2, -0.15) is 5.10 Å². The van der Waals surface area contributed by atoms with Crippen LogP contribution in [-0.2, 0) is 4.74 Å². The van der Waals surface area contributed by atoms with E-state index in [-0.39, 0.29) is 5.91 Å². The molecule has 3 N–H and O–H groups in total. The van der Waals surface area contributed by atoms with Gasteiger partial charge in [-0.3, -0.25) is 9.89 Å². The van der Waals surface area contributed by atoms with Gasteiger partial charge < -0.3 is 15.4 Å². The van der Waals surface area contributed by atoms with Crippen molar-refractivity contribution in [2.45, 2.75) is 6.42 Å². The van der Waals surface area contributed by atoms with Gasteiger partial charge in [-0.25, -0.2) is 0 Å². The third-order valence-corrected chi connectivity index (χ3v) is 2.98. The van der Waals surface area contributed by atoms with Crippen molar-refractivity contribution in [2.75, 3.05) is 33.0 Å². The van der Waals surface area contributed by atoms with Crippen LogP contribution in [0.5, 0.6) is 0 Å². The lowest BCUT2D eigenvalue weighted by molar-refractivity contribution is 0.0775. The number of nitrogen functional groups attached to an aromatic ring is 1. The number of carbonyl (C=O) groups is 1. The van der Waals surface area contributed by atoms with Crippen molar-refractivity contribution in [1.82, 2.24) is 15.1 Å². The average molecular weight is 262 g/mol. The smallest absolute Gasteiger partial charge is 0.274 e. The van der Waals surface area contributed by atoms with Crippen molar-refractivity contribution in [2.24, 2.45) is 0 Å². The Balaban J connectivity index is 2.19. The number of nitrogens with one attached hydrogen (secondary N) is 1. The number of hydrogen-bond donors (Lipinski definition) is 2. The summed E-state index contributed by atoms with van der Waals surface area (Å²) in [6, 6.07) is 5.35. The first-order chi connectivity index (χ1) is 9.13. The maximum atomic E-state index is 12.3. The largest absolute Gasteiger partial charge is 0.399 e. The summed E-state index contributed by atoms with van der Waals surface area (Å²) in [5.41, 5.74) is 7.57. The molecule has 2 aromatic rings. The topological polar surface area (TPSA) is 84.2 Å². The van der Waals surface area contributed by atoms with Gasteiger partial charge in [-0.05, 0) is 24.6 Å². The van der Waals surface area contributed by atoms with E-state index in [4.69, 9.17) is 10.5 Å². The van der Waals surface area contributed by atoms with E-state index in [2.05, 4.69) is 10.2 Å². The summed E-state index contributed by atoms with van der Waals surface area (Å²) in [6.07, 6.45) is 0.795. The van der Waals surface area contributed by atoms with Crippen LogP contribution in [0.3, 0.4) is 0 Å². The standard InChI is InChI=1S/C13H18N4O2/c1-17(6-3-7-19-2)13(18)12-10-8-9(14)4-5-11(10)15-16-12/h4-5,8H,3,6-7,14H2,1-2H3,(H,15,16). The highest BCUT2D eigenvalue weighted by Gasteiger charge is 2.17. The fourth-order valence-electron chi connectivity index (χ4n) is 1.92. The lowest BCUT2D eigenvalue weighted by Crippen LogP contribution is -2.28. The molecule has 0 aliphatic heterocycles. The van der Waals surface area contributed by atoms with Crippen molar-refractivity contribution in [3.05, 3.63) is 23.9 Å². The summed E-state index contributed by atoms with van der Waals surface area (Å²) in [5, 5.41) is 7.68. The summed E-state index contributed by atoms with van der Waals surface area (Å²) in [5.74, 6) is -0.118. The molecule has 0 atom stereocenters. The Kier molecular flexibility index (Phi) is 4.01. The van der Waals surface area contributed by atoms with Crippen molar-refractivity contribution in [3.63, 3.8) is 0 Å². The van der Waals surface area contributed by atoms with Crippen LogP contribution in [0.1, 0.15) is 16.9 Å². The highest BCUT2D eigenvalue weighted by atomic mass is 16.5. The Bertz CT molecular complexity index is 579. The van der Waals surface area contributed by atoms with Crippen LogP contribution < -0.4 is 5.73 Å². The quantitative estimate of drug-likeness (QED) is 0.627. The molecule has 0 aliphatic carbocycles. The van der Waals surface area contributed by atoms with E-state index >= 15 is 0 Å². The van der Waals surface area contributed by atoms with Gasteiger partial charge >= 0.3 is 0 Å². The normalized spacial score (nSPS) is 10.8. The molecule has 0 radical (unpaired) electrons. The van der Waals surface area contributed by atoms with Crippen LogP contribution in [0.15, 0.2) is 18.2 Å². The molecule has 1 heterocycles. The predicted octanol–water partition coefficient (Wildman–Crippen LogP) is 1.25. The Morgan fingerprint density at radius 1 is 1.53 bits per heavy atom. The van der Waals surface area contributed by atoms with E-state index in [0.29, 0.717) is 24.5 Å². The number of hydrogen-bond acceptors (Lipinski definition) is 4. The molecule has 1 amide bonds.